The summed E-state index contributed by atoms with van der Waals surface area (Å²) < 4.78 is 0. The van der Waals surface area contributed by atoms with E-state index < -0.39 is 0 Å². The van der Waals surface area contributed by atoms with Crippen molar-refractivity contribution >= 4 is 11.4 Å². The van der Waals surface area contributed by atoms with E-state index in [0.717, 1.165) is 28.1 Å². The van der Waals surface area contributed by atoms with E-state index in [4.69, 9.17) is 10.6 Å². The summed E-state index contributed by atoms with van der Waals surface area (Å²) in [6.45, 7) is 5.90. The molecule has 0 unspecified atom stereocenters. The predicted molar refractivity (Wildman–Crippen MR) is 84.7 cm³/mol. The van der Waals surface area contributed by atoms with Crippen molar-refractivity contribution in [2.45, 2.75) is 6.92 Å². The molecular formula is C17H18N2O. The van der Waals surface area contributed by atoms with Gasteiger partial charge in [0.1, 0.15) is 6.61 Å². The van der Waals surface area contributed by atoms with Gasteiger partial charge in [-0.05, 0) is 24.1 Å². The third-order valence-corrected chi connectivity index (χ3v) is 2.97. The van der Waals surface area contributed by atoms with E-state index in [-0.39, 0.29) is 0 Å². The standard InChI is InChI=1S/C17H18N2O/c1-3-12-20-19-13(2)14-8-10-15(11-9-14)16-6-4-5-7-17(16)18/h3-11H,1,12,18H2,2H3. The fraction of sp³-hybridized carbons (Fsp3) is 0.118. The molecule has 2 N–H and O–H groups in total. The van der Waals surface area contributed by atoms with E-state index in [0.29, 0.717) is 6.61 Å². The first-order valence-corrected chi connectivity index (χ1v) is 6.45. The van der Waals surface area contributed by atoms with Crippen LogP contribution in [0.15, 0.2) is 66.3 Å². The summed E-state index contributed by atoms with van der Waals surface area (Å²) in [6, 6.07) is 15.9. The molecule has 0 aromatic heterocycles. The SMILES string of the molecule is C=CCON=C(C)c1ccc(-c2ccccc2N)cc1. The van der Waals surface area contributed by atoms with E-state index >= 15 is 0 Å². The van der Waals surface area contributed by atoms with Gasteiger partial charge in [0.2, 0.25) is 0 Å². The van der Waals surface area contributed by atoms with Crippen LogP contribution >= 0.6 is 0 Å². The summed E-state index contributed by atoms with van der Waals surface area (Å²) in [7, 11) is 0. The second kappa shape index (κ2) is 6.57. The van der Waals surface area contributed by atoms with Gasteiger partial charge in [-0.3, -0.25) is 0 Å². The highest BCUT2D eigenvalue weighted by atomic mass is 16.6. The molecule has 2 aromatic carbocycles. The number of rotatable bonds is 5. The Labute approximate surface area is 119 Å². The molecule has 2 aromatic rings. The zero-order valence-electron chi connectivity index (χ0n) is 11.5. The van der Waals surface area contributed by atoms with Crippen LogP contribution in [0.1, 0.15) is 12.5 Å². The lowest BCUT2D eigenvalue weighted by atomic mass is 10.0. The highest BCUT2D eigenvalue weighted by molar-refractivity contribution is 5.98. The molecule has 0 radical (unpaired) electrons. The Morgan fingerprint density at radius 3 is 2.55 bits per heavy atom. The maximum absolute atomic E-state index is 5.98. The molecule has 20 heavy (non-hydrogen) atoms. The van der Waals surface area contributed by atoms with Gasteiger partial charge in [-0.25, -0.2) is 0 Å². The van der Waals surface area contributed by atoms with Crippen LogP contribution in [0.4, 0.5) is 5.69 Å². The van der Waals surface area contributed by atoms with Crippen LogP contribution in [0.3, 0.4) is 0 Å². The van der Waals surface area contributed by atoms with Gasteiger partial charge in [-0.15, -0.1) is 0 Å². The number of benzene rings is 2. The number of oxime groups is 1. The largest absolute Gasteiger partial charge is 0.398 e. The molecular weight excluding hydrogens is 248 g/mol. The van der Waals surface area contributed by atoms with E-state index in [2.05, 4.69) is 11.7 Å². The van der Waals surface area contributed by atoms with Gasteiger partial charge in [-0.1, -0.05) is 60.3 Å². The van der Waals surface area contributed by atoms with Gasteiger partial charge < -0.3 is 10.6 Å². The minimum atomic E-state index is 0.413. The average Bonchev–Trinajstić information content (AvgIpc) is 2.48. The molecule has 0 amide bonds. The lowest BCUT2D eigenvalue weighted by Crippen LogP contribution is -1.97. The number of hydrogen-bond donors (Lipinski definition) is 1. The summed E-state index contributed by atoms with van der Waals surface area (Å²) >= 11 is 0. The number of nitrogen functional groups attached to an aromatic ring is 1. The highest BCUT2D eigenvalue weighted by Gasteiger charge is 2.03. The number of para-hydroxylation sites is 1. The van der Waals surface area contributed by atoms with E-state index in [1.807, 2.05) is 55.5 Å². The molecule has 0 atom stereocenters. The zero-order chi connectivity index (χ0) is 14.4. The van der Waals surface area contributed by atoms with Crippen molar-refractivity contribution in [1.82, 2.24) is 0 Å². The van der Waals surface area contributed by atoms with E-state index in [1.54, 1.807) is 6.08 Å². The summed E-state index contributed by atoms with van der Waals surface area (Å²) in [5.74, 6) is 0. The molecule has 2 rings (SSSR count). The van der Waals surface area contributed by atoms with Gasteiger partial charge in [0.15, 0.2) is 0 Å². The summed E-state index contributed by atoms with van der Waals surface area (Å²) in [6.07, 6.45) is 1.66. The highest BCUT2D eigenvalue weighted by Crippen LogP contribution is 2.25. The molecule has 0 heterocycles. The Morgan fingerprint density at radius 1 is 1.20 bits per heavy atom. The second-order valence-electron chi connectivity index (χ2n) is 4.43. The minimum absolute atomic E-state index is 0.413. The Kier molecular flexibility index (Phi) is 4.56. The number of anilines is 1. The molecule has 0 aliphatic rings. The van der Waals surface area contributed by atoms with Crippen molar-refractivity contribution in [3.05, 3.63) is 66.7 Å². The van der Waals surface area contributed by atoms with Crippen LogP contribution < -0.4 is 5.73 Å². The predicted octanol–water partition coefficient (Wildman–Crippen LogP) is 3.86. The van der Waals surface area contributed by atoms with Gasteiger partial charge in [-0.2, -0.15) is 0 Å². The monoisotopic (exact) mass is 266 g/mol. The first kappa shape index (κ1) is 13.9. The summed E-state index contributed by atoms with van der Waals surface area (Å²) in [4.78, 5) is 5.08. The van der Waals surface area contributed by atoms with Crippen molar-refractivity contribution < 1.29 is 4.84 Å². The third kappa shape index (κ3) is 3.26. The molecule has 0 bridgehead atoms. The lowest BCUT2D eigenvalue weighted by Gasteiger charge is -2.07. The van der Waals surface area contributed by atoms with Crippen LogP contribution in [0.2, 0.25) is 0 Å². The zero-order valence-corrected chi connectivity index (χ0v) is 11.5. The average molecular weight is 266 g/mol. The van der Waals surface area contributed by atoms with Crippen LogP contribution in [0, 0.1) is 0 Å². The molecule has 0 aliphatic carbocycles. The fourth-order valence-electron chi connectivity index (χ4n) is 1.89. The van der Waals surface area contributed by atoms with Gasteiger partial charge in [0.25, 0.3) is 0 Å². The van der Waals surface area contributed by atoms with Crippen molar-refractivity contribution in [3.8, 4) is 11.1 Å². The summed E-state index contributed by atoms with van der Waals surface area (Å²) in [5.41, 5.74) is 10.7. The molecule has 3 heteroatoms. The normalized spacial score (nSPS) is 11.2. The molecule has 0 saturated heterocycles. The lowest BCUT2D eigenvalue weighted by molar-refractivity contribution is 0.175. The Balaban J connectivity index is 2.20. The van der Waals surface area contributed by atoms with Crippen LogP contribution in [-0.4, -0.2) is 12.3 Å². The fourth-order valence-corrected chi connectivity index (χ4v) is 1.89. The number of hydrogen-bond acceptors (Lipinski definition) is 3. The van der Waals surface area contributed by atoms with Crippen molar-refractivity contribution in [2.75, 3.05) is 12.3 Å². The van der Waals surface area contributed by atoms with Crippen molar-refractivity contribution in [2.24, 2.45) is 5.16 Å². The first-order chi connectivity index (χ1) is 9.72. The second-order valence-corrected chi connectivity index (χ2v) is 4.43. The number of nitrogens with zero attached hydrogens (tertiary/aromatic N) is 1. The van der Waals surface area contributed by atoms with E-state index in [1.165, 1.54) is 0 Å². The van der Waals surface area contributed by atoms with Crippen LogP contribution in [0.5, 0.6) is 0 Å². The van der Waals surface area contributed by atoms with Crippen molar-refractivity contribution in [3.63, 3.8) is 0 Å². The molecule has 0 saturated carbocycles. The van der Waals surface area contributed by atoms with Gasteiger partial charge >= 0.3 is 0 Å². The molecule has 102 valence electrons. The molecule has 3 nitrogen and oxygen atoms in total. The summed E-state index contributed by atoms with van der Waals surface area (Å²) in [5, 5.41) is 4.02. The smallest absolute Gasteiger partial charge is 0.135 e. The third-order valence-electron chi connectivity index (χ3n) is 2.97. The molecule has 0 aliphatic heterocycles. The minimum Gasteiger partial charge on any atom is -0.398 e. The van der Waals surface area contributed by atoms with Crippen LogP contribution in [-0.2, 0) is 4.84 Å². The van der Waals surface area contributed by atoms with Crippen molar-refractivity contribution in [1.29, 1.82) is 0 Å². The first-order valence-electron chi connectivity index (χ1n) is 6.45. The quantitative estimate of drug-likeness (QED) is 0.294. The molecule has 0 fully saturated rings. The maximum atomic E-state index is 5.98. The number of nitrogens with two attached hydrogens (primary N) is 1. The van der Waals surface area contributed by atoms with Crippen LogP contribution in [0.25, 0.3) is 11.1 Å². The Morgan fingerprint density at radius 2 is 1.90 bits per heavy atom. The van der Waals surface area contributed by atoms with Gasteiger partial charge in [0.05, 0.1) is 5.71 Å². The Hall–Kier alpha value is -2.55. The molecule has 0 spiro atoms. The maximum Gasteiger partial charge on any atom is 0.135 e. The van der Waals surface area contributed by atoms with Gasteiger partial charge in [0, 0.05) is 11.3 Å². The van der Waals surface area contributed by atoms with E-state index in [9.17, 15) is 0 Å². The Bertz CT molecular complexity index is 615. The topological polar surface area (TPSA) is 47.6 Å².